The van der Waals surface area contributed by atoms with Crippen LogP contribution in [0.25, 0.3) is 11.0 Å². The van der Waals surface area contributed by atoms with E-state index in [9.17, 15) is 0 Å². The Hall–Kier alpha value is -1.84. The topological polar surface area (TPSA) is 21.1 Å². The van der Waals surface area contributed by atoms with Crippen LogP contribution in [0, 0.1) is 6.92 Å². The van der Waals surface area contributed by atoms with Crippen LogP contribution >= 0.6 is 11.6 Å². The maximum atomic E-state index is 5.99. The third-order valence-corrected chi connectivity index (χ3v) is 4.78. The van der Waals surface area contributed by atoms with Gasteiger partial charge in [-0.1, -0.05) is 42.5 Å². The number of aryl methyl sites for hydroxylation is 3. The minimum atomic E-state index is 0.607. The van der Waals surface area contributed by atoms with Gasteiger partial charge in [0.15, 0.2) is 0 Å². The van der Waals surface area contributed by atoms with Crippen LogP contribution in [0.2, 0.25) is 0 Å². The summed E-state index contributed by atoms with van der Waals surface area (Å²) in [5.41, 5.74) is 4.93. The molecule has 0 unspecified atom stereocenters. The molecule has 0 N–H and O–H groups in total. The fourth-order valence-electron chi connectivity index (χ4n) is 3.33. The van der Waals surface area contributed by atoms with Gasteiger partial charge in [-0.25, -0.2) is 4.98 Å². The van der Waals surface area contributed by atoms with Crippen molar-refractivity contribution in [3.05, 3.63) is 65.5 Å². The molecule has 0 spiro atoms. The Morgan fingerprint density at radius 2 is 1.88 bits per heavy atom. The zero-order chi connectivity index (χ0) is 17.6. The number of imidazole rings is 1. The third kappa shape index (κ3) is 4.42. The molecule has 1 heterocycles. The Morgan fingerprint density at radius 1 is 1.08 bits per heavy atom. The van der Waals surface area contributed by atoms with Crippen LogP contribution < -0.4 is 0 Å². The lowest BCUT2D eigenvalue weighted by Gasteiger charge is -2.17. The van der Waals surface area contributed by atoms with Crippen LogP contribution in [0.4, 0.5) is 0 Å². The van der Waals surface area contributed by atoms with Crippen molar-refractivity contribution in [1.82, 2.24) is 14.5 Å². The van der Waals surface area contributed by atoms with Gasteiger partial charge in [-0.15, -0.1) is 11.6 Å². The van der Waals surface area contributed by atoms with E-state index in [1.807, 2.05) is 0 Å². The molecule has 3 aromatic rings. The lowest BCUT2D eigenvalue weighted by atomic mass is 10.2. The smallest absolute Gasteiger partial charge is 0.111 e. The van der Waals surface area contributed by atoms with Gasteiger partial charge in [0.1, 0.15) is 5.82 Å². The molecule has 0 atom stereocenters. The van der Waals surface area contributed by atoms with Crippen molar-refractivity contribution in [2.45, 2.75) is 32.9 Å². The average Bonchev–Trinajstić information content (AvgIpc) is 2.95. The molecule has 0 aliphatic heterocycles. The normalized spacial score (nSPS) is 11.5. The molecule has 25 heavy (non-hydrogen) atoms. The first-order valence-corrected chi connectivity index (χ1v) is 9.45. The van der Waals surface area contributed by atoms with Gasteiger partial charge in [-0.2, -0.15) is 0 Å². The summed E-state index contributed by atoms with van der Waals surface area (Å²) in [4.78, 5) is 7.21. The van der Waals surface area contributed by atoms with Crippen molar-refractivity contribution < 1.29 is 0 Å². The predicted molar refractivity (Wildman–Crippen MR) is 106 cm³/mol. The van der Waals surface area contributed by atoms with Crippen LogP contribution in [0.1, 0.15) is 23.4 Å². The molecule has 0 fully saturated rings. The van der Waals surface area contributed by atoms with E-state index in [4.69, 9.17) is 16.6 Å². The number of alkyl halides is 1. The highest BCUT2D eigenvalue weighted by Crippen LogP contribution is 2.21. The number of hydrogen-bond acceptors (Lipinski definition) is 2. The molecule has 3 rings (SSSR count). The van der Waals surface area contributed by atoms with E-state index < -0.39 is 0 Å². The molecule has 0 saturated heterocycles. The van der Waals surface area contributed by atoms with Gasteiger partial charge >= 0.3 is 0 Å². The van der Waals surface area contributed by atoms with E-state index in [-0.39, 0.29) is 0 Å². The van der Waals surface area contributed by atoms with E-state index in [1.54, 1.807) is 0 Å². The number of rotatable bonds is 8. The number of benzene rings is 2. The quantitative estimate of drug-likeness (QED) is 0.548. The van der Waals surface area contributed by atoms with Crippen LogP contribution in [0.15, 0.2) is 48.5 Å². The lowest BCUT2D eigenvalue weighted by molar-refractivity contribution is 0.314. The first-order valence-electron chi connectivity index (χ1n) is 8.92. The molecule has 0 aliphatic carbocycles. The summed E-state index contributed by atoms with van der Waals surface area (Å²) in [5, 5.41) is 0. The molecular weight excluding hydrogens is 330 g/mol. The van der Waals surface area contributed by atoms with Crippen molar-refractivity contribution >= 4 is 22.6 Å². The van der Waals surface area contributed by atoms with Gasteiger partial charge in [-0.05, 0) is 44.1 Å². The van der Waals surface area contributed by atoms with Crippen molar-refractivity contribution in [3.63, 3.8) is 0 Å². The third-order valence-electron chi connectivity index (χ3n) is 4.59. The Kier molecular flexibility index (Phi) is 6.11. The second kappa shape index (κ2) is 8.50. The van der Waals surface area contributed by atoms with Crippen molar-refractivity contribution in [2.24, 2.45) is 0 Å². The largest absolute Gasteiger partial charge is 0.328 e. The summed E-state index contributed by atoms with van der Waals surface area (Å²) in [6, 6.07) is 17.0. The van der Waals surface area contributed by atoms with Gasteiger partial charge in [0.25, 0.3) is 0 Å². The highest BCUT2D eigenvalue weighted by molar-refractivity contribution is 6.17. The van der Waals surface area contributed by atoms with Crippen molar-refractivity contribution in [3.8, 4) is 0 Å². The molecule has 4 heteroatoms. The first kappa shape index (κ1) is 18.0. The first-order chi connectivity index (χ1) is 12.2. The van der Waals surface area contributed by atoms with Gasteiger partial charge in [0.2, 0.25) is 0 Å². The fraction of sp³-hybridized carbons (Fsp3) is 0.381. The van der Waals surface area contributed by atoms with E-state index in [2.05, 4.69) is 72.0 Å². The summed E-state index contributed by atoms with van der Waals surface area (Å²) in [6.07, 6.45) is 1.91. The molecule has 0 aliphatic rings. The van der Waals surface area contributed by atoms with Gasteiger partial charge in [0.05, 0.1) is 11.0 Å². The van der Waals surface area contributed by atoms with Gasteiger partial charge in [0, 0.05) is 25.4 Å². The monoisotopic (exact) mass is 355 g/mol. The minimum Gasteiger partial charge on any atom is -0.328 e. The van der Waals surface area contributed by atoms with E-state index >= 15 is 0 Å². The van der Waals surface area contributed by atoms with Gasteiger partial charge < -0.3 is 9.47 Å². The van der Waals surface area contributed by atoms with Crippen molar-refractivity contribution in [2.75, 3.05) is 19.5 Å². The summed E-state index contributed by atoms with van der Waals surface area (Å²) in [7, 11) is 2.18. The Labute approximate surface area is 155 Å². The van der Waals surface area contributed by atoms with E-state index in [0.717, 1.165) is 43.8 Å². The highest BCUT2D eigenvalue weighted by atomic mass is 35.5. The fourth-order valence-corrected chi connectivity index (χ4v) is 3.50. The maximum absolute atomic E-state index is 5.99. The number of para-hydroxylation sites is 1. The van der Waals surface area contributed by atoms with Crippen LogP contribution in [0.5, 0.6) is 0 Å². The number of nitrogens with zero attached hydrogens (tertiary/aromatic N) is 3. The lowest BCUT2D eigenvalue weighted by Crippen LogP contribution is -2.20. The average molecular weight is 356 g/mol. The van der Waals surface area contributed by atoms with Crippen LogP contribution in [-0.4, -0.2) is 33.9 Å². The zero-order valence-corrected chi connectivity index (χ0v) is 15.8. The molecule has 0 saturated carbocycles. The standard InChI is InChI=1S/C21H26ClN3/c1-17-8-6-11-19-21(17)23-20(12-13-22)25(19)15-7-14-24(2)16-18-9-4-3-5-10-18/h3-6,8-11H,7,12-16H2,1-2H3. The highest BCUT2D eigenvalue weighted by Gasteiger charge is 2.12. The van der Waals surface area contributed by atoms with E-state index in [1.165, 1.54) is 16.6 Å². The second-order valence-corrected chi connectivity index (χ2v) is 7.02. The summed E-state index contributed by atoms with van der Waals surface area (Å²) >= 11 is 5.99. The SMILES string of the molecule is Cc1cccc2c1nc(CCCl)n2CCCN(C)Cc1ccccc1. The molecule has 2 aromatic carbocycles. The summed E-state index contributed by atoms with van der Waals surface area (Å²) in [5.74, 6) is 1.71. The number of halogens is 1. The Morgan fingerprint density at radius 3 is 2.64 bits per heavy atom. The number of aromatic nitrogens is 2. The molecule has 0 radical (unpaired) electrons. The maximum Gasteiger partial charge on any atom is 0.111 e. The molecule has 0 amide bonds. The minimum absolute atomic E-state index is 0.607. The second-order valence-electron chi connectivity index (χ2n) is 6.64. The van der Waals surface area contributed by atoms with Crippen LogP contribution in [0.3, 0.4) is 0 Å². The van der Waals surface area contributed by atoms with Crippen LogP contribution in [-0.2, 0) is 19.5 Å². The molecule has 3 nitrogen and oxygen atoms in total. The molecule has 1 aromatic heterocycles. The number of fused-ring (bicyclic) bond motifs is 1. The Bertz CT molecular complexity index is 811. The predicted octanol–water partition coefficient (Wildman–Crippen LogP) is 4.65. The van der Waals surface area contributed by atoms with E-state index in [0.29, 0.717) is 5.88 Å². The molecule has 132 valence electrons. The Balaban J connectivity index is 1.66. The van der Waals surface area contributed by atoms with Gasteiger partial charge in [-0.3, -0.25) is 0 Å². The summed E-state index contributed by atoms with van der Waals surface area (Å²) in [6.45, 7) is 5.14. The zero-order valence-electron chi connectivity index (χ0n) is 15.1. The molecule has 0 bridgehead atoms. The molecular formula is C21H26ClN3. The van der Waals surface area contributed by atoms with Crippen molar-refractivity contribution in [1.29, 1.82) is 0 Å². The number of hydrogen-bond donors (Lipinski definition) is 0. The summed E-state index contributed by atoms with van der Waals surface area (Å²) < 4.78 is 2.35.